The number of carbonyl (C=O) groups is 1. The van der Waals surface area contributed by atoms with E-state index in [0.29, 0.717) is 36.9 Å². The van der Waals surface area contributed by atoms with Gasteiger partial charge in [0.05, 0.1) is 0 Å². The maximum atomic E-state index is 13.2. The van der Waals surface area contributed by atoms with E-state index in [-0.39, 0.29) is 12.8 Å². The molecule has 1 aliphatic rings. The van der Waals surface area contributed by atoms with Gasteiger partial charge in [0.15, 0.2) is 4.75 Å². The monoisotopic (exact) mass is 481 g/mol. The van der Waals surface area contributed by atoms with Crippen LogP contribution in [0.2, 0.25) is 0 Å². The van der Waals surface area contributed by atoms with E-state index in [0.717, 1.165) is 11.1 Å². The molecule has 2 N–H and O–H groups in total. The van der Waals surface area contributed by atoms with Crippen LogP contribution in [-0.2, 0) is 22.4 Å². The van der Waals surface area contributed by atoms with Gasteiger partial charge in [-0.25, -0.2) is 9.69 Å². The highest BCUT2D eigenvalue weighted by atomic mass is 32.2. The number of benzene rings is 2. The molecule has 9 heteroatoms. The van der Waals surface area contributed by atoms with Crippen molar-refractivity contribution in [3.8, 4) is 17.2 Å². The first kappa shape index (κ1) is 23.9. The van der Waals surface area contributed by atoms with Gasteiger partial charge in [0.1, 0.15) is 17.2 Å². The fourth-order valence-electron chi connectivity index (χ4n) is 3.87. The molecule has 0 spiro atoms. The van der Waals surface area contributed by atoms with Crippen LogP contribution in [0.4, 0.5) is 0 Å². The van der Waals surface area contributed by atoms with Crippen molar-refractivity contribution in [1.29, 1.82) is 0 Å². The van der Waals surface area contributed by atoms with E-state index >= 15 is 0 Å². The van der Waals surface area contributed by atoms with Crippen molar-refractivity contribution in [2.24, 2.45) is 0 Å². The number of hydrogen-bond acceptors (Lipinski definition) is 7. The summed E-state index contributed by atoms with van der Waals surface area (Å²) in [5.74, 6) is 0.955. The molecule has 2 aromatic carbocycles. The van der Waals surface area contributed by atoms with Crippen molar-refractivity contribution >= 4 is 17.0 Å². The van der Waals surface area contributed by atoms with Gasteiger partial charge >= 0.3 is 0 Å². The summed E-state index contributed by atoms with van der Waals surface area (Å²) in [4.78, 5) is 18.9. The van der Waals surface area contributed by atoms with Crippen LogP contribution in [0, 0.1) is 6.92 Å². The fraction of sp³-hybridized carbons (Fsp3) is 0.280. The summed E-state index contributed by atoms with van der Waals surface area (Å²) >= 11 is -2.01. The van der Waals surface area contributed by atoms with Gasteiger partial charge < -0.3 is 8.92 Å². The van der Waals surface area contributed by atoms with Gasteiger partial charge in [-0.15, -0.1) is 0 Å². The Hall–Kier alpha value is -3.27. The number of rotatable bonds is 8. The zero-order chi connectivity index (χ0) is 24.0. The van der Waals surface area contributed by atoms with Crippen LogP contribution in [0.25, 0.3) is 0 Å². The molecule has 1 aliphatic heterocycles. The third kappa shape index (κ3) is 5.61. The van der Waals surface area contributed by atoms with Crippen molar-refractivity contribution in [1.82, 2.24) is 15.4 Å². The minimum Gasteiger partial charge on any atom is -0.457 e. The van der Waals surface area contributed by atoms with Gasteiger partial charge in [-0.2, -0.15) is 0 Å². The number of likely N-dealkylation sites (tertiary alicyclic amines) is 1. The number of aryl methyl sites for hydroxylation is 1. The van der Waals surface area contributed by atoms with E-state index in [2.05, 4.69) is 9.88 Å². The lowest BCUT2D eigenvalue weighted by atomic mass is 9.94. The summed E-state index contributed by atoms with van der Waals surface area (Å²) < 4.78 is 23.3. The van der Waals surface area contributed by atoms with Crippen molar-refractivity contribution in [2.45, 2.75) is 31.1 Å². The van der Waals surface area contributed by atoms with Crippen LogP contribution < -0.4 is 14.4 Å². The fourth-order valence-corrected chi connectivity index (χ4v) is 5.02. The number of nitrogens with one attached hydrogen (secondary N) is 1. The van der Waals surface area contributed by atoms with E-state index < -0.39 is 21.7 Å². The molecule has 1 fully saturated rings. The minimum absolute atomic E-state index is 0.279. The second kappa shape index (κ2) is 10.8. The Balaban J connectivity index is 1.40. The van der Waals surface area contributed by atoms with Crippen LogP contribution in [-0.4, -0.2) is 43.0 Å². The highest BCUT2D eigenvalue weighted by Crippen LogP contribution is 2.32. The number of piperidine rings is 1. The van der Waals surface area contributed by atoms with E-state index in [1.807, 2.05) is 43.3 Å². The summed E-state index contributed by atoms with van der Waals surface area (Å²) in [6.45, 7) is 3.74. The molecule has 0 radical (unpaired) electrons. The van der Waals surface area contributed by atoms with Crippen molar-refractivity contribution in [3.63, 3.8) is 0 Å². The van der Waals surface area contributed by atoms with Crippen molar-refractivity contribution < 1.29 is 23.1 Å². The highest BCUT2D eigenvalue weighted by molar-refractivity contribution is 7.83. The average Bonchev–Trinajstić information content (AvgIpc) is 2.87. The molecule has 1 unspecified atom stereocenters. The lowest BCUT2D eigenvalue weighted by molar-refractivity contribution is -0.133. The molecule has 1 saturated heterocycles. The van der Waals surface area contributed by atoms with Gasteiger partial charge in [0.2, 0.25) is 11.1 Å². The normalized spacial score (nSPS) is 16.4. The van der Waals surface area contributed by atoms with Crippen LogP contribution in [0.1, 0.15) is 24.0 Å². The molecule has 1 atom stereocenters. The zero-order valence-electron chi connectivity index (χ0n) is 18.8. The molecule has 0 aliphatic carbocycles. The van der Waals surface area contributed by atoms with E-state index in [1.54, 1.807) is 42.1 Å². The largest absolute Gasteiger partial charge is 0.457 e. The van der Waals surface area contributed by atoms with Gasteiger partial charge in [-0.3, -0.25) is 19.9 Å². The second-order valence-corrected chi connectivity index (χ2v) is 9.69. The number of hydroxylamine groups is 1. The summed E-state index contributed by atoms with van der Waals surface area (Å²) in [6.07, 6.45) is 4.08. The summed E-state index contributed by atoms with van der Waals surface area (Å²) in [5, 5.41) is 9.33. The van der Waals surface area contributed by atoms with E-state index in [1.165, 1.54) is 0 Å². The lowest BCUT2D eigenvalue weighted by Crippen LogP contribution is -2.56. The minimum atomic E-state index is -2.01. The van der Waals surface area contributed by atoms with Gasteiger partial charge in [-0.05, 0) is 67.8 Å². The molecule has 2 heterocycles. The Kier molecular flexibility index (Phi) is 7.56. The molecule has 1 amide bonds. The summed E-state index contributed by atoms with van der Waals surface area (Å²) in [6, 6.07) is 18.3. The number of ether oxygens (including phenoxy) is 1. The SMILES string of the molecule is Cc1ccc(Oc2ccc(OS(=O)C3(C(=O)NO)CCN(Cc4cccnc4)CC3)cc2)cc1. The quantitative estimate of drug-likeness (QED) is 0.373. The third-order valence-corrected chi connectivity index (χ3v) is 7.45. The van der Waals surface area contributed by atoms with Crippen LogP contribution in [0.15, 0.2) is 73.1 Å². The smallest absolute Gasteiger partial charge is 0.265 e. The number of pyridine rings is 1. The van der Waals surface area contributed by atoms with Gasteiger partial charge in [-0.1, -0.05) is 23.8 Å². The van der Waals surface area contributed by atoms with Gasteiger partial charge in [0, 0.05) is 32.0 Å². The average molecular weight is 482 g/mol. The topological polar surface area (TPSA) is 101 Å². The first-order chi connectivity index (χ1) is 16.5. The number of aromatic nitrogens is 1. The molecular formula is C25H27N3O5S. The molecule has 34 heavy (non-hydrogen) atoms. The zero-order valence-corrected chi connectivity index (χ0v) is 19.7. The Morgan fingerprint density at radius 1 is 1.06 bits per heavy atom. The van der Waals surface area contributed by atoms with Crippen LogP contribution >= 0.6 is 0 Å². The second-order valence-electron chi connectivity index (χ2n) is 8.28. The predicted octanol–water partition coefficient (Wildman–Crippen LogP) is 3.77. The highest BCUT2D eigenvalue weighted by Gasteiger charge is 2.49. The Morgan fingerprint density at radius 2 is 1.68 bits per heavy atom. The number of carbonyl (C=O) groups excluding carboxylic acids is 1. The molecule has 0 bridgehead atoms. The molecular weight excluding hydrogens is 454 g/mol. The van der Waals surface area contributed by atoms with Crippen LogP contribution in [0.3, 0.4) is 0 Å². The standard InChI is InChI=1S/C25H27N3O5S/c1-19-4-6-21(7-5-19)32-22-8-10-23(11-9-22)33-34(31)25(24(29)27-30)12-15-28(16-13-25)18-20-3-2-14-26-17-20/h2-11,14,17,30H,12-13,15-16,18H2,1H3,(H,27,29). The molecule has 8 nitrogen and oxygen atoms in total. The van der Waals surface area contributed by atoms with E-state index in [9.17, 15) is 14.2 Å². The number of hydrogen-bond donors (Lipinski definition) is 2. The molecule has 1 aromatic heterocycles. The first-order valence-electron chi connectivity index (χ1n) is 11.0. The summed E-state index contributed by atoms with van der Waals surface area (Å²) in [7, 11) is 0. The Bertz CT molecular complexity index is 1120. The van der Waals surface area contributed by atoms with E-state index in [4.69, 9.17) is 8.92 Å². The molecule has 4 rings (SSSR count). The van der Waals surface area contributed by atoms with Crippen LogP contribution in [0.5, 0.6) is 17.2 Å². The predicted molar refractivity (Wildman–Crippen MR) is 128 cm³/mol. The van der Waals surface area contributed by atoms with Crippen molar-refractivity contribution in [2.75, 3.05) is 13.1 Å². The Labute approximate surface area is 201 Å². The van der Waals surface area contributed by atoms with Crippen molar-refractivity contribution in [3.05, 3.63) is 84.2 Å². The Morgan fingerprint density at radius 3 is 2.26 bits per heavy atom. The summed E-state index contributed by atoms with van der Waals surface area (Å²) in [5.41, 5.74) is 3.89. The molecule has 3 aromatic rings. The first-order valence-corrected chi connectivity index (χ1v) is 12.1. The number of amides is 1. The number of nitrogens with zero attached hydrogens (tertiary/aromatic N) is 2. The van der Waals surface area contributed by atoms with Gasteiger partial charge in [0.25, 0.3) is 5.91 Å². The lowest BCUT2D eigenvalue weighted by Gasteiger charge is -2.38. The molecule has 178 valence electrons. The maximum absolute atomic E-state index is 13.2. The third-order valence-electron chi connectivity index (χ3n) is 5.88. The maximum Gasteiger partial charge on any atom is 0.265 e. The molecule has 0 saturated carbocycles.